The number of urea groups is 1. The van der Waals surface area contributed by atoms with Gasteiger partial charge in [0.05, 0.1) is 0 Å². The van der Waals surface area contributed by atoms with Crippen LogP contribution in [0.5, 0.6) is 0 Å². The number of nitrogens with zero attached hydrogens (tertiary/aromatic N) is 2. The Bertz CT molecular complexity index is 833. The molecular weight excluding hydrogens is 336 g/mol. The molecule has 0 bridgehead atoms. The fraction of sp³-hybridized carbons (Fsp3) is 0.333. The summed E-state index contributed by atoms with van der Waals surface area (Å²) in [7, 11) is 0. The summed E-state index contributed by atoms with van der Waals surface area (Å²) in [5, 5.41) is 8.84. The molecule has 1 saturated heterocycles. The minimum absolute atomic E-state index is 0.242. The SMILES string of the molecule is Cc1cc(NC(=O)CN2C(=O)N[C@](C)(CCc3ccccc3)C2=O)no1. The predicted molar refractivity (Wildman–Crippen MR) is 93.3 cm³/mol. The lowest BCUT2D eigenvalue weighted by atomic mass is 9.93. The van der Waals surface area contributed by atoms with Gasteiger partial charge in [-0.1, -0.05) is 35.5 Å². The van der Waals surface area contributed by atoms with Crippen LogP contribution in [0.4, 0.5) is 10.6 Å². The largest absolute Gasteiger partial charge is 0.360 e. The van der Waals surface area contributed by atoms with Crippen LogP contribution in [0.25, 0.3) is 0 Å². The van der Waals surface area contributed by atoms with Crippen molar-refractivity contribution < 1.29 is 18.9 Å². The predicted octanol–water partition coefficient (Wildman–Crippen LogP) is 1.86. The summed E-state index contributed by atoms with van der Waals surface area (Å²) in [5.74, 6) is -0.144. The van der Waals surface area contributed by atoms with E-state index in [4.69, 9.17) is 4.52 Å². The van der Waals surface area contributed by atoms with Gasteiger partial charge in [0.15, 0.2) is 5.82 Å². The summed E-state index contributed by atoms with van der Waals surface area (Å²) < 4.78 is 4.86. The maximum atomic E-state index is 12.7. The van der Waals surface area contributed by atoms with Crippen LogP contribution in [0.2, 0.25) is 0 Å². The molecule has 0 aliphatic carbocycles. The van der Waals surface area contributed by atoms with Gasteiger partial charge in [-0.25, -0.2) is 4.79 Å². The molecule has 0 spiro atoms. The Labute approximate surface area is 150 Å². The second-order valence-corrected chi connectivity index (χ2v) is 6.51. The number of imide groups is 1. The number of carbonyl (C=O) groups is 3. The molecule has 1 aliphatic heterocycles. The molecule has 136 valence electrons. The molecule has 0 radical (unpaired) electrons. The number of aromatic nitrogens is 1. The van der Waals surface area contributed by atoms with Gasteiger partial charge < -0.3 is 15.2 Å². The number of hydrogen-bond donors (Lipinski definition) is 2. The van der Waals surface area contributed by atoms with Gasteiger partial charge in [-0.05, 0) is 32.3 Å². The second-order valence-electron chi connectivity index (χ2n) is 6.51. The van der Waals surface area contributed by atoms with E-state index in [1.165, 1.54) is 0 Å². The summed E-state index contributed by atoms with van der Waals surface area (Å²) in [4.78, 5) is 37.9. The summed E-state index contributed by atoms with van der Waals surface area (Å²) in [6, 6.07) is 10.7. The van der Waals surface area contributed by atoms with Crippen molar-refractivity contribution in [1.29, 1.82) is 0 Å². The highest BCUT2D eigenvalue weighted by Gasteiger charge is 2.47. The van der Waals surface area contributed by atoms with Crippen LogP contribution in [0.3, 0.4) is 0 Å². The lowest BCUT2D eigenvalue weighted by Gasteiger charge is -2.21. The molecule has 0 saturated carbocycles. The standard InChI is InChI=1S/C18H20N4O4/c1-12-10-14(21-26-12)19-15(23)11-22-16(24)18(2,20-17(22)25)9-8-13-6-4-3-5-7-13/h3-7,10H,8-9,11H2,1-2H3,(H,20,25)(H,19,21,23)/t18-/m1/s1. The maximum Gasteiger partial charge on any atom is 0.325 e. The van der Waals surface area contributed by atoms with Gasteiger partial charge in [0, 0.05) is 6.07 Å². The van der Waals surface area contributed by atoms with Gasteiger partial charge in [-0.15, -0.1) is 0 Å². The van der Waals surface area contributed by atoms with Crippen molar-refractivity contribution in [2.24, 2.45) is 0 Å². The van der Waals surface area contributed by atoms with Crippen molar-refractivity contribution >= 4 is 23.7 Å². The van der Waals surface area contributed by atoms with Gasteiger partial charge in [-0.2, -0.15) is 0 Å². The Hall–Kier alpha value is -3.16. The zero-order valence-electron chi connectivity index (χ0n) is 14.6. The first-order chi connectivity index (χ1) is 12.4. The fourth-order valence-electron chi connectivity index (χ4n) is 2.85. The molecule has 2 aromatic rings. The van der Waals surface area contributed by atoms with Gasteiger partial charge in [0.25, 0.3) is 5.91 Å². The van der Waals surface area contributed by atoms with Crippen LogP contribution in [0.1, 0.15) is 24.7 Å². The Morgan fingerprint density at radius 3 is 2.69 bits per heavy atom. The van der Waals surface area contributed by atoms with Crippen molar-refractivity contribution in [2.75, 3.05) is 11.9 Å². The van der Waals surface area contributed by atoms with Crippen molar-refractivity contribution in [3.8, 4) is 0 Å². The summed E-state index contributed by atoms with van der Waals surface area (Å²) in [5.41, 5.74) is 0.0471. The van der Waals surface area contributed by atoms with Gasteiger partial charge in [0.1, 0.15) is 17.8 Å². The Kier molecular flexibility index (Phi) is 4.75. The van der Waals surface area contributed by atoms with E-state index in [2.05, 4.69) is 15.8 Å². The van der Waals surface area contributed by atoms with Crippen LogP contribution in [-0.4, -0.2) is 40.0 Å². The molecule has 2 N–H and O–H groups in total. The van der Waals surface area contributed by atoms with Crippen molar-refractivity contribution in [3.05, 3.63) is 47.7 Å². The van der Waals surface area contributed by atoms with E-state index >= 15 is 0 Å². The molecule has 1 fully saturated rings. The van der Waals surface area contributed by atoms with Crippen LogP contribution in [-0.2, 0) is 16.0 Å². The van der Waals surface area contributed by atoms with Crippen LogP contribution >= 0.6 is 0 Å². The molecule has 0 unspecified atom stereocenters. The number of nitrogens with one attached hydrogen (secondary N) is 2. The molecule has 1 atom stereocenters. The number of rotatable bonds is 6. The number of carbonyl (C=O) groups excluding carboxylic acids is 3. The van der Waals surface area contributed by atoms with Gasteiger partial charge >= 0.3 is 6.03 Å². The molecule has 26 heavy (non-hydrogen) atoms. The quantitative estimate of drug-likeness (QED) is 0.769. The molecule has 2 heterocycles. The monoisotopic (exact) mass is 356 g/mol. The van der Waals surface area contributed by atoms with Crippen molar-refractivity contribution in [1.82, 2.24) is 15.4 Å². The number of amides is 4. The van der Waals surface area contributed by atoms with E-state index in [9.17, 15) is 14.4 Å². The van der Waals surface area contributed by atoms with Gasteiger partial charge in [-0.3, -0.25) is 14.5 Å². The Balaban J connectivity index is 1.61. The normalized spacial score (nSPS) is 19.5. The van der Waals surface area contributed by atoms with E-state index in [0.717, 1.165) is 10.5 Å². The second kappa shape index (κ2) is 6.99. The molecular formula is C18H20N4O4. The molecule has 4 amide bonds. The fourth-order valence-corrected chi connectivity index (χ4v) is 2.85. The average Bonchev–Trinajstić information content (AvgIpc) is 3.10. The van der Waals surface area contributed by atoms with Crippen LogP contribution < -0.4 is 10.6 Å². The highest BCUT2D eigenvalue weighted by atomic mass is 16.5. The number of benzene rings is 1. The van der Waals surface area contributed by atoms with Crippen LogP contribution in [0, 0.1) is 6.92 Å². The molecule has 1 aromatic carbocycles. The first kappa shape index (κ1) is 17.7. The van der Waals surface area contributed by atoms with E-state index in [1.807, 2.05) is 30.3 Å². The third kappa shape index (κ3) is 3.74. The molecule has 8 heteroatoms. The van der Waals surface area contributed by atoms with Crippen molar-refractivity contribution in [2.45, 2.75) is 32.2 Å². The van der Waals surface area contributed by atoms with Crippen LogP contribution in [0.15, 0.2) is 40.9 Å². The minimum Gasteiger partial charge on any atom is -0.360 e. The summed E-state index contributed by atoms with van der Waals surface area (Å²) >= 11 is 0. The van der Waals surface area contributed by atoms with E-state index < -0.39 is 23.4 Å². The Morgan fingerprint density at radius 2 is 2.04 bits per heavy atom. The van der Waals surface area contributed by atoms with Crippen molar-refractivity contribution in [3.63, 3.8) is 0 Å². The topological polar surface area (TPSA) is 105 Å². The molecule has 8 nitrogen and oxygen atoms in total. The summed E-state index contributed by atoms with van der Waals surface area (Å²) in [6.07, 6.45) is 1.09. The lowest BCUT2D eigenvalue weighted by Crippen LogP contribution is -2.45. The maximum absolute atomic E-state index is 12.7. The first-order valence-corrected chi connectivity index (χ1v) is 8.28. The van der Waals surface area contributed by atoms with E-state index in [0.29, 0.717) is 18.6 Å². The zero-order valence-corrected chi connectivity index (χ0v) is 14.6. The highest BCUT2D eigenvalue weighted by Crippen LogP contribution is 2.23. The minimum atomic E-state index is -1.03. The highest BCUT2D eigenvalue weighted by molar-refractivity contribution is 6.09. The van der Waals surface area contributed by atoms with Gasteiger partial charge in [0.2, 0.25) is 5.91 Å². The van der Waals surface area contributed by atoms with E-state index in [-0.39, 0.29) is 12.4 Å². The van der Waals surface area contributed by atoms with E-state index in [1.54, 1.807) is 19.9 Å². The summed E-state index contributed by atoms with van der Waals surface area (Å²) in [6.45, 7) is 2.99. The molecule has 3 rings (SSSR count). The number of aryl methyl sites for hydroxylation is 2. The third-order valence-electron chi connectivity index (χ3n) is 4.30. The average molecular weight is 356 g/mol. The molecule has 1 aromatic heterocycles. The smallest absolute Gasteiger partial charge is 0.325 e. The number of hydrogen-bond acceptors (Lipinski definition) is 5. The number of anilines is 1. The zero-order chi connectivity index (χ0) is 18.7. The first-order valence-electron chi connectivity index (χ1n) is 8.28. The lowest BCUT2D eigenvalue weighted by molar-refractivity contribution is -0.133. The third-order valence-corrected chi connectivity index (χ3v) is 4.30. The molecule has 1 aliphatic rings. The Morgan fingerprint density at radius 1 is 1.31 bits per heavy atom.